The van der Waals surface area contributed by atoms with Crippen molar-refractivity contribution in [3.05, 3.63) is 27.5 Å². The number of nitriles is 1. The van der Waals surface area contributed by atoms with Crippen molar-refractivity contribution in [3.63, 3.8) is 0 Å². The number of nitrogen functional groups attached to an aromatic ring is 1. The molecule has 0 radical (unpaired) electrons. The van der Waals surface area contributed by atoms with E-state index in [-0.39, 0.29) is 0 Å². The van der Waals surface area contributed by atoms with Gasteiger partial charge in [0.25, 0.3) is 0 Å². The van der Waals surface area contributed by atoms with Crippen LogP contribution in [-0.4, -0.2) is 12.1 Å². The van der Waals surface area contributed by atoms with E-state index in [4.69, 9.17) is 15.7 Å². The van der Waals surface area contributed by atoms with Gasteiger partial charge in [-0.2, -0.15) is 5.26 Å². The monoisotopic (exact) mass is 309 g/mol. The molecule has 1 heterocycles. The summed E-state index contributed by atoms with van der Waals surface area (Å²) in [6, 6.07) is 7.63. The van der Waals surface area contributed by atoms with Crippen molar-refractivity contribution in [1.29, 1.82) is 5.26 Å². The van der Waals surface area contributed by atoms with Crippen molar-refractivity contribution < 1.29 is 4.74 Å². The Morgan fingerprint density at radius 1 is 1.53 bits per heavy atom. The van der Waals surface area contributed by atoms with Crippen LogP contribution in [0.3, 0.4) is 0 Å². The van der Waals surface area contributed by atoms with E-state index in [1.165, 1.54) is 11.3 Å². The first kappa shape index (κ1) is 11.9. The van der Waals surface area contributed by atoms with Gasteiger partial charge in [-0.15, -0.1) is 0 Å². The molecule has 1 aromatic carbocycles. The van der Waals surface area contributed by atoms with Gasteiger partial charge in [0.2, 0.25) is 0 Å². The maximum Gasteiger partial charge on any atom is 0.181 e. The Kier molecular flexibility index (Phi) is 3.31. The van der Waals surface area contributed by atoms with Crippen LogP contribution in [0.4, 0.5) is 5.13 Å². The average Bonchev–Trinajstić information content (AvgIpc) is 2.70. The van der Waals surface area contributed by atoms with Crippen molar-refractivity contribution in [3.8, 4) is 23.1 Å². The predicted octanol–water partition coefficient (Wildman–Crippen LogP) is 3.04. The molecule has 0 atom stereocenters. The summed E-state index contributed by atoms with van der Waals surface area (Å²) in [5.74, 6) is 0.662. The summed E-state index contributed by atoms with van der Waals surface area (Å²) >= 11 is 4.55. The molecule has 86 valence electrons. The Morgan fingerprint density at radius 3 is 2.94 bits per heavy atom. The Bertz CT molecular complexity index is 603. The summed E-state index contributed by atoms with van der Waals surface area (Å²) in [4.78, 5) is 4.66. The highest BCUT2D eigenvalue weighted by molar-refractivity contribution is 9.10. The van der Waals surface area contributed by atoms with E-state index >= 15 is 0 Å². The number of hydrogen-bond acceptors (Lipinski definition) is 5. The second kappa shape index (κ2) is 4.73. The Hall–Kier alpha value is -1.58. The number of halogens is 1. The minimum Gasteiger partial charge on any atom is -0.496 e. The third kappa shape index (κ3) is 2.25. The SMILES string of the molecule is COc1ccc(Br)cc1-c1nc(N)sc1C#N. The van der Waals surface area contributed by atoms with Gasteiger partial charge in [-0.1, -0.05) is 27.3 Å². The smallest absolute Gasteiger partial charge is 0.181 e. The third-order valence-electron chi connectivity index (χ3n) is 2.16. The standard InChI is InChI=1S/C11H8BrN3OS/c1-16-8-3-2-6(12)4-7(8)10-9(5-13)17-11(14)15-10/h2-4H,1H3,(H2,14,15). The van der Waals surface area contributed by atoms with Gasteiger partial charge in [-0.25, -0.2) is 4.98 Å². The van der Waals surface area contributed by atoms with Gasteiger partial charge in [0.15, 0.2) is 5.13 Å². The lowest BCUT2D eigenvalue weighted by Gasteiger charge is -2.06. The molecule has 2 aromatic rings. The van der Waals surface area contributed by atoms with E-state index in [0.29, 0.717) is 21.5 Å². The van der Waals surface area contributed by atoms with E-state index in [2.05, 4.69) is 27.0 Å². The molecule has 0 fully saturated rings. The van der Waals surface area contributed by atoms with Gasteiger partial charge in [0.1, 0.15) is 22.4 Å². The maximum atomic E-state index is 9.04. The average molecular weight is 310 g/mol. The van der Waals surface area contributed by atoms with Crippen molar-refractivity contribution in [2.24, 2.45) is 0 Å². The molecule has 0 spiro atoms. The third-order valence-corrected chi connectivity index (χ3v) is 3.44. The molecule has 0 saturated carbocycles. The van der Waals surface area contributed by atoms with Crippen LogP contribution in [-0.2, 0) is 0 Å². The zero-order valence-electron chi connectivity index (χ0n) is 8.90. The van der Waals surface area contributed by atoms with E-state index < -0.39 is 0 Å². The van der Waals surface area contributed by atoms with Crippen LogP contribution in [0.5, 0.6) is 5.75 Å². The molecule has 2 rings (SSSR count). The van der Waals surface area contributed by atoms with Gasteiger partial charge >= 0.3 is 0 Å². The lowest BCUT2D eigenvalue weighted by Crippen LogP contribution is -1.90. The summed E-state index contributed by atoms with van der Waals surface area (Å²) in [5.41, 5.74) is 6.94. The van der Waals surface area contributed by atoms with Crippen LogP contribution in [0.1, 0.15) is 4.88 Å². The zero-order valence-corrected chi connectivity index (χ0v) is 11.3. The van der Waals surface area contributed by atoms with Crippen LogP contribution < -0.4 is 10.5 Å². The number of hydrogen-bond donors (Lipinski definition) is 1. The molecule has 0 unspecified atom stereocenters. The van der Waals surface area contributed by atoms with E-state index in [9.17, 15) is 0 Å². The molecule has 0 amide bonds. The second-order valence-electron chi connectivity index (χ2n) is 3.19. The van der Waals surface area contributed by atoms with Crippen LogP contribution in [0.15, 0.2) is 22.7 Å². The van der Waals surface area contributed by atoms with Crippen molar-refractivity contribution >= 4 is 32.4 Å². The van der Waals surface area contributed by atoms with E-state index in [1.54, 1.807) is 7.11 Å². The summed E-state index contributed by atoms with van der Waals surface area (Å²) in [5, 5.41) is 9.41. The summed E-state index contributed by atoms with van der Waals surface area (Å²) < 4.78 is 6.15. The first-order valence-electron chi connectivity index (χ1n) is 4.66. The van der Waals surface area contributed by atoms with Crippen LogP contribution in [0.2, 0.25) is 0 Å². The van der Waals surface area contributed by atoms with E-state index in [1.807, 2.05) is 18.2 Å². The highest BCUT2D eigenvalue weighted by Crippen LogP contribution is 2.36. The van der Waals surface area contributed by atoms with Gasteiger partial charge in [-0.3, -0.25) is 0 Å². The number of benzene rings is 1. The minimum absolute atomic E-state index is 0.374. The van der Waals surface area contributed by atoms with Gasteiger partial charge in [-0.05, 0) is 18.2 Å². The van der Waals surface area contributed by atoms with E-state index in [0.717, 1.165) is 10.0 Å². The zero-order chi connectivity index (χ0) is 12.4. The predicted molar refractivity (Wildman–Crippen MR) is 70.9 cm³/mol. The normalized spacial score (nSPS) is 9.94. The van der Waals surface area contributed by atoms with Crippen molar-refractivity contribution in [2.75, 3.05) is 12.8 Å². The fourth-order valence-electron chi connectivity index (χ4n) is 1.46. The van der Waals surface area contributed by atoms with Crippen molar-refractivity contribution in [2.45, 2.75) is 0 Å². The molecule has 17 heavy (non-hydrogen) atoms. The number of nitrogens with zero attached hydrogens (tertiary/aromatic N) is 2. The number of ether oxygens (including phenoxy) is 1. The number of rotatable bonds is 2. The number of aromatic nitrogens is 1. The molecular weight excluding hydrogens is 302 g/mol. The largest absolute Gasteiger partial charge is 0.496 e. The van der Waals surface area contributed by atoms with Crippen molar-refractivity contribution in [1.82, 2.24) is 4.98 Å². The molecular formula is C11H8BrN3OS. The summed E-state index contributed by atoms with van der Waals surface area (Å²) in [7, 11) is 1.58. The molecule has 4 nitrogen and oxygen atoms in total. The Morgan fingerprint density at radius 2 is 2.29 bits per heavy atom. The fourth-order valence-corrected chi connectivity index (χ4v) is 2.47. The lowest BCUT2D eigenvalue weighted by atomic mass is 10.1. The Labute approximate surface area is 111 Å². The van der Waals surface area contributed by atoms with Gasteiger partial charge < -0.3 is 10.5 Å². The molecule has 2 N–H and O–H groups in total. The molecule has 0 aliphatic heterocycles. The topological polar surface area (TPSA) is 71.9 Å². The molecule has 0 bridgehead atoms. The quantitative estimate of drug-likeness (QED) is 0.925. The number of methoxy groups -OCH3 is 1. The minimum atomic E-state index is 0.374. The number of nitrogens with two attached hydrogens (primary N) is 1. The summed E-state index contributed by atoms with van der Waals surface area (Å²) in [6.07, 6.45) is 0. The second-order valence-corrected chi connectivity index (χ2v) is 5.13. The summed E-state index contributed by atoms with van der Waals surface area (Å²) in [6.45, 7) is 0. The van der Waals surface area contributed by atoms with Crippen LogP contribution >= 0.6 is 27.3 Å². The molecule has 0 aliphatic carbocycles. The fraction of sp³-hybridized carbons (Fsp3) is 0.0909. The number of thiazole rings is 1. The first-order valence-corrected chi connectivity index (χ1v) is 6.27. The number of anilines is 1. The highest BCUT2D eigenvalue weighted by atomic mass is 79.9. The molecule has 6 heteroatoms. The van der Waals surface area contributed by atoms with Gasteiger partial charge in [0.05, 0.1) is 7.11 Å². The lowest BCUT2D eigenvalue weighted by molar-refractivity contribution is 0.416. The first-order chi connectivity index (χ1) is 8.15. The highest BCUT2D eigenvalue weighted by Gasteiger charge is 2.15. The maximum absolute atomic E-state index is 9.04. The molecule has 0 saturated heterocycles. The van der Waals surface area contributed by atoms with Crippen LogP contribution in [0, 0.1) is 11.3 Å². The van der Waals surface area contributed by atoms with Crippen LogP contribution in [0.25, 0.3) is 11.3 Å². The Balaban J connectivity index is 2.67. The molecule has 0 aliphatic rings. The molecule has 1 aromatic heterocycles. The van der Waals surface area contributed by atoms with Gasteiger partial charge in [0, 0.05) is 10.0 Å².